The smallest absolute Gasteiger partial charge is 0.278 e. The first kappa shape index (κ1) is 15.3. The number of carbonyl (C=O) groups excluding carboxylic acids is 1. The van der Waals surface area contributed by atoms with Crippen molar-refractivity contribution in [3.63, 3.8) is 0 Å². The molecule has 6 heteroatoms. The van der Waals surface area contributed by atoms with E-state index < -0.39 is 0 Å². The second-order valence-electron chi connectivity index (χ2n) is 4.78. The Morgan fingerprint density at radius 1 is 1.00 bits per heavy atom. The lowest BCUT2D eigenvalue weighted by atomic mass is 10.2. The van der Waals surface area contributed by atoms with Gasteiger partial charge in [-0.3, -0.25) is 14.8 Å². The molecule has 0 aliphatic rings. The van der Waals surface area contributed by atoms with Crippen LogP contribution in [0, 0.1) is 0 Å². The first-order chi connectivity index (χ1) is 11.2. The van der Waals surface area contributed by atoms with Crippen LogP contribution in [0.3, 0.4) is 0 Å². The highest BCUT2D eigenvalue weighted by molar-refractivity contribution is 9.10. The summed E-state index contributed by atoms with van der Waals surface area (Å²) in [5.41, 5.74) is 1.87. The highest BCUT2D eigenvalue weighted by atomic mass is 79.9. The second kappa shape index (κ2) is 7.11. The maximum absolute atomic E-state index is 12.8. The van der Waals surface area contributed by atoms with Gasteiger partial charge in [0.05, 0.1) is 18.4 Å². The summed E-state index contributed by atoms with van der Waals surface area (Å²) < 4.78 is 0.950. The Morgan fingerprint density at radius 2 is 1.83 bits per heavy atom. The van der Waals surface area contributed by atoms with Gasteiger partial charge in [0, 0.05) is 28.8 Å². The molecule has 0 aliphatic heterocycles. The maximum atomic E-state index is 12.8. The minimum atomic E-state index is -0.217. The molecule has 2 heterocycles. The fraction of sp³-hybridized carbons (Fsp3) is 0.0588. The molecule has 114 valence electrons. The normalized spacial score (nSPS) is 10.3. The largest absolute Gasteiger partial charge is 0.301 e. The average Bonchev–Trinajstić information content (AvgIpc) is 2.62. The first-order valence-electron chi connectivity index (χ1n) is 6.97. The summed E-state index contributed by atoms with van der Waals surface area (Å²) in [6.45, 7) is 0.359. The standard InChI is InChI=1S/C17H13BrN4O/c18-13-4-6-15(7-5-13)22(12-14-3-1-2-8-20-14)17(23)16-11-19-9-10-21-16/h1-11H,12H2. The third kappa shape index (κ3) is 3.78. The predicted molar refractivity (Wildman–Crippen MR) is 90.9 cm³/mol. The first-order valence-corrected chi connectivity index (χ1v) is 7.77. The Balaban J connectivity index is 1.96. The highest BCUT2D eigenvalue weighted by Gasteiger charge is 2.20. The van der Waals surface area contributed by atoms with Crippen LogP contribution in [-0.4, -0.2) is 20.9 Å². The number of aromatic nitrogens is 3. The van der Waals surface area contributed by atoms with E-state index in [1.54, 1.807) is 17.3 Å². The van der Waals surface area contributed by atoms with Gasteiger partial charge in [-0.25, -0.2) is 4.98 Å². The van der Waals surface area contributed by atoms with Crippen molar-refractivity contribution in [2.24, 2.45) is 0 Å². The molecule has 0 saturated carbocycles. The van der Waals surface area contributed by atoms with E-state index >= 15 is 0 Å². The fourth-order valence-electron chi connectivity index (χ4n) is 2.10. The molecule has 3 aromatic rings. The predicted octanol–water partition coefficient (Wildman–Crippen LogP) is 3.48. The van der Waals surface area contributed by atoms with Gasteiger partial charge in [0.25, 0.3) is 5.91 Å². The Kier molecular flexibility index (Phi) is 4.73. The Labute approximate surface area is 142 Å². The van der Waals surface area contributed by atoms with Crippen molar-refractivity contribution < 1.29 is 4.79 Å². The fourth-order valence-corrected chi connectivity index (χ4v) is 2.37. The molecule has 23 heavy (non-hydrogen) atoms. The number of halogens is 1. The van der Waals surface area contributed by atoms with Crippen molar-refractivity contribution >= 4 is 27.5 Å². The maximum Gasteiger partial charge on any atom is 0.278 e. The van der Waals surface area contributed by atoms with Crippen LogP contribution < -0.4 is 4.90 Å². The van der Waals surface area contributed by atoms with Crippen LogP contribution >= 0.6 is 15.9 Å². The van der Waals surface area contributed by atoms with E-state index in [1.165, 1.54) is 12.4 Å². The van der Waals surface area contributed by atoms with Crippen molar-refractivity contribution in [2.75, 3.05) is 4.90 Å². The van der Waals surface area contributed by atoms with Crippen LogP contribution in [0.4, 0.5) is 5.69 Å². The van der Waals surface area contributed by atoms with Crippen molar-refractivity contribution in [1.29, 1.82) is 0 Å². The van der Waals surface area contributed by atoms with Gasteiger partial charge in [-0.2, -0.15) is 0 Å². The number of benzene rings is 1. The van der Waals surface area contributed by atoms with Gasteiger partial charge in [-0.15, -0.1) is 0 Å². The molecule has 0 N–H and O–H groups in total. The Hall–Kier alpha value is -2.60. The Bertz CT molecular complexity index is 779. The van der Waals surface area contributed by atoms with Crippen LogP contribution in [0.25, 0.3) is 0 Å². The number of rotatable bonds is 4. The van der Waals surface area contributed by atoms with Crippen LogP contribution in [0.2, 0.25) is 0 Å². The SMILES string of the molecule is O=C(c1cnccn1)N(Cc1ccccn1)c1ccc(Br)cc1. The lowest BCUT2D eigenvalue weighted by molar-refractivity contribution is 0.0979. The molecule has 1 amide bonds. The van der Waals surface area contributed by atoms with Gasteiger partial charge in [0.15, 0.2) is 0 Å². The van der Waals surface area contributed by atoms with E-state index in [4.69, 9.17) is 0 Å². The number of hydrogen-bond donors (Lipinski definition) is 0. The molecule has 0 atom stereocenters. The monoisotopic (exact) mass is 368 g/mol. The van der Waals surface area contributed by atoms with Crippen LogP contribution in [0.1, 0.15) is 16.2 Å². The molecule has 3 rings (SSSR count). The van der Waals surface area contributed by atoms with E-state index in [2.05, 4.69) is 30.9 Å². The number of pyridine rings is 1. The summed E-state index contributed by atoms with van der Waals surface area (Å²) in [5.74, 6) is -0.217. The molecule has 0 aliphatic carbocycles. The molecule has 0 spiro atoms. The minimum absolute atomic E-state index is 0.217. The van der Waals surface area contributed by atoms with Gasteiger partial charge < -0.3 is 4.90 Å². The van der Waals surface area contributed by atoms with Crippen LogP contribution in [0.5, 0.6) is 0 Å². The molecule has 0 unspecified atom stereocenters. The third-order valence-corrected chi connectivity index (χ3v) is 3.74. The summed E-state index contributed by atoms with van der Waals surface area (Å²) >= 11 is 3.41. The summed E-state index contributed by atoms with van der Waals surface area (Å²) in [4.78, 5) is 26.8. The van der Waals surface area contributed by atoms with Gasteiger partial charge in [0.1, 0.15) is 5.69 Å². The third-order valence-electron chi connectivity index (χ3n) is 3.21. The van der Waals surface area contributed by atoms with Gasteiger partial charge in [-0.05, 0) is 36.4 Å². The topological polar surface area (TPSA) is 59.0 Å². The summed E-state index contributed by atoms with van der Waals surface area (Å²) in [5, 5.41) is 0. The van der Waals surface area contributed by atoms with Crippen molar-refractivity contribution in [3.05, 3.63) is 83.1 Å². The highest BCUT2D eigenvalue weighted by Crippen LogP contribution is 2.21. The van der Waals surface area contributed by atoms with E-state index in [-0.39, 0.29) is 5.91 Å². The van der Waals surface area contributed by atoms with E-state index in [9.17, 15) is 4.79 Å². The molecular formula is C17H13BrN4O. The zero-order valence-corrected chi connectivity index (χ0v) is 13.7. The van der Waals surface area contributed by atoms with E-state index in [1.807, 2.05) is 42.5 Å². The average molecular weight is 369 g/mol. The van der Waals surface area contributed by atoms with Gasteiger partial charge >= 0.3 is 0 Å². The molecule has 0 bridgehead atoms. The van der Waals surface area contributed by atoms with E-state index in [0.29, 0.717) is 12.2 Å². The molecular weight excluding hydrogens is 356 g/mol. The molecule has 0 fully saturated rings. The zero-order valence-electron chi connectivity index (χ0n) is 12.1. The molecule has 5 nitrogen and oxygen atoms in total. The Morgan fingerprint density at radius 3 is 2.48 bits per heavy atom. The minimum Gasteiger partial charge on any atom is -0.301 e. The second-order valence-corrected chi connectivity index (χ2v) is 5.70. The van der Waals surface area contributed by atoms with Crippen LogP contribution in [0.15, 0.2) is 71.7 Å². The summed E-state index contributed by atoms with van der Waals surface area (Å²) in [6, 6.07) is 13.2. The van der Waals surface area contributed by atoms with Crippen LogP contribution in [-0.2, 0) is 6.54 Å². The summed E-state index contributed by atoms with van der Waals surface area (Å²) in [7, 11) is 0. The zero-order chi connectivity index (χ0) is 16.1. The lowest BCUT2D eigenvalue weighted by Gasteiger charge is -2.22. The lowest BCUT2D eigenvalue weighted by Crippen LogP contribution is -2.31. The van der Waals surface area contributed by atoms with Crippen molar-refractivity contribution in [2.45, 2.75) is 6.54 Å². The summed E-state index contributed by atoms with van der Waals surface area (Å²) in [6.07, 6.45) is 6.22. The molecule has 0 saturated heterocycles. The van der Waals surface area contributed by atoms with Crippen molar-refractivity contribution in [3.8, 4) is 0 Å². The molecule has 2 aromatic heterocycles. The molecule has 0 radical (unpaired) electrons. The number of hydrogen-bond acceptors (Lipinski definition) is 4. The quantitative estimate of drug-likeness (QED) is 0.707. The van der Waals surface area contributed by atoms with Crippen molar-refractivity contribution in [1.82, 2.24) is 15.0 Å². The van der Waals surface area contributed by atoms with Gasteiger partial charge in [0.2, 0.25) is 0 Å². The van der Waals surface area contributed by atoms with Gasteiger partial charge in [-0.1, -0.05) is 22.0 Å². The number of carbonyl (C=O) groups is 1. The van der Waals surface area contributed by atoms with E-state index in [0.717, 1.165) is 15.9 Å². The molecule has 1 aromatic carbocycles. The number of amides is 1. The number of anilines is 1. The number of nitrogens with zero attached hydrogens (tertiary/aromatic N) is 4.